The maximum atomic E-state index is 12.9. The number of anilines is 2. The highest BCUT2D eigenvalue weighted by Crippen LogP contribution is 2.35. The van der Waals surface area contributed by atoms with Crippen LogP contribution in [0.25, 0.3) is 6.08 Å². The van der Waals surface area contributed by atoms with Crippen LogP contribution in [0.2, 0.25) is 5.02 Å². The van der Waals surface area contributed by atoms with Crippen molar-refractivity contribution in [2.75, 3.05) is 10.6 Å². The van der Waals surface area contributed by atoms with Gasteiger partial charge in [0.2, 0.25) is 5.91 Å². The molecule has 0 fully saturated rings. The lowest BCUT2D eigenvalue weighted by atomic mass is 10.1. The van der Waals surface area contributed by atoms with Crippen molar-refractivity contribution in [3.63, 3.8) is 0 Å². The van der Waals surface area contributed by atoms with Gasteiger partial charge in [0.25, 0.3) is 0 Å². The number of urea groups is 1. The summed E-state index contributed by atoms with van der Waals surface area (Å²) in [6, 6.07) is 12.7. The van der Waals surface area contributed by atoms with E-state index in [-0.39, 0.29) is 12.1 Å². The van der Waals surface area contributed by atoms with E-state index in [1.807, 2.05) is 0 Å². The molecular formula is C22H17ClF3N3O3. The zero-order valence-electron chi connectivity index (χ0n) is 16.4. The predicted molar refractivity (Wildman–Crippen MR) is 115 cm³/mol. The van der Waals surface area contributed by atoms with Crippen molar-refractivity contribution in [3.8, 4) is 0 Å². The van der Waals surface area contributed by atoms with Crippen molar-refractivity contribution in [2.24, 2.45) is 0 Å². The van der Waals surface area contributed by atoms with E-state index in [0.717, 1.165) is 18.2 Å². The number of rotatable bonds is 6. The van der Waals surface area contributed by atoms with Gasteiger partial charge in [0, 0.05) is 17.5 Å². The minimum absolute atomic E-state index is 0.178. The molecule has 3 N–H and O–H groups in total. The van der Waals surface area contributed by atoms with Crippen molar-refractivity contribution in [1.29, 1.82) is 0 Å². The molecule has 0 saturated heterocycles. The average Bonchev–Trinajstić information content (AvgIpc) is 3.26. The quantitative estimate of drug-likeness (QED) is 0.396. The van der Waals surface area contributed by atoms with Crippen molar-refractivity contribution in [2.45, 2.75) is 12.7 Å². The van der Waals surface area contributed by atoms with Gasteiger partial charge in [0.1, 0.15) is 5.76 Å². The van der Waals surface area contributed by atoms with Crippen LogP contribution in [0.3, 0.4) is 0 Å². The second-order valence-electron chi connectivity index (χ2n) is 6.52. The highest BCUT2D eigenvalue weighted by molar-refractivity contribution is 6.31. The molecule has 32 heavy (non-hydrogen) atoms. The number of amides is 3. The average molecular weight is 464 g/mol. The molecule has 0 spiro atoms. The Bertz CT molecular complexity index is 1110. The first-order chi connectivity index (χ1) is 15.2. The number of furan rings is 1. The maximum absolute atomic E-state index is 12.9. The summed E-state index contributed by atoms with van der Waals surface area (Å²) in [5.41, 5.74) is 0.139. The van der Waals surface area contributed by atoms with E-state index in [1.54, 1.807) is 36.4 Å². The number of hydrogen-bond acceptors (Lipinski definition) is 3. The Labute approximate surface area is 186 Å². The Morgan fingerprint density at radius 3 is 2.31 bits per heavy atom. The lowest BCUT2D eigenvalue weighted by Gasteiger charge is -2.09. The summed E-state index contributed by atoms with van der Waals surface area (Å²) in [5.74, 6) is 0.0740. The van der Waals surface area contributed by atoms with Crippen LogP contribution in [0.1, 0.15) is 16.9 Å². The number of benzene rings is 2. The number of halogens is 4. The number of nitrogens with one attached hydrogen (secondary N) is 3. The van der Waals surface area contributed by atoms with E-state index in [2.05, 4.69) is 16.0 Å². The second-order valence-corrected chi connectivity index (χ2v) is 6.93. The standard InChI is InChI=1S/C22H17ClF3N3O3/c23-19-9-3-14(12-18(19)22(24,25)26)4-10-20(30)28-15-5-7-16(8-6-15)29-21(31)27-13-17-2-1-11-32-17/h1-12H,13H2,(H,28,30)(H2,27,29,31)/b10-4+. The summed E-state index contributed by atoms with van der Waals surface area (Å²) < 4.78 is 43.9. The Morgan fingerprint density at radius 1 is 1.00 bits per heavy atom. The fourth-order valence-electron chi connectivity index (χ4n) is 2.61. The van der Waals surface area contributed by atoms with Crippen molar-refractivity contribution >= 4 is 41.0 Å². The smallest absolute Gasteiger partial charge is 0.417 e. The SMILES string of the molecule is O=C(/C=C/c1ccc(Cl)c(C(F)(F)F)c1)Nc1ccc(NC(=O)NCc2ccco2)cc1. The summed E-state index contributed by atoms with van der Waals surface area (Å²) in [5, 5.41) is 7.42. The molecule has 6 nitrogen and oxygen atoms in total. The van der Waals surface area contributed by atoms with Gasteiger partial charge in [-0.1, -0.05) is 17.7 Å². The van der Waals surface area contributed by atoms with E-state index >= 15 is 0 Å². The van der Waals surface area contributed by atoms with Gasteiger partial charge < -0.3 is 20.4 Å². The molecule has 0 unspecified atom stereocenters. The number of carbonyl (C=O) groups excluding carboxylic acids is 2. The lowest BCUT2D eigenvalue weighted by Crippen LogP contribution is -2.27. The van der Waals surface area contributed by atoms with Gasteiger partial charge in [0.05, 0.1) is 23.4 Å². The summed E-state index contributed by atoms with van der Waals surface area (Å²) >= 11 is 5.58. The molecule has 3 amide bonds. The zero-order chi connectivity index (χ0) is 23.1. The monoisotopic (exact) mass is 463 g/mol. The number of carbonyl (C=O) groups is 2. The molecule has 1 heterocycles. The first-order valence-electron chi connectivity index (χ1n) is 9.24. The largest absolute Gasteiger partial charge is 0.467 e. The molecule has 0 saturated carbocycles. The van der Waals surface area contributed by atoms with Gasteiger partial charge in [-0.2, -0.15) is 13.2 Å². The van der Waals surface area contributed by atoms with Crippen LogP contribution in [0.4, 0.5) is 29.3 Å². The highest BCUT2D eigenvalue weighted by atomic mass is 35.5. The van der Waals surface area contributed by atoms with E-state index in [1.165, 1.54) is 18.4 Å². The Morgan fingerprint density at radius 2 is 1.69 bits per heavy atom. The highest BCUT2D eigenvalue weighted by Gasteiger charge is 2.33. The Balaban J connectivity index is 1.52. The van der Waals surface area contributed by atoms with Crippen LogP contribution in [-0.4, -0.2) is 11.9 Å². The predicted octanol–water partition coefficient (Wildman–Crippen LogP) is 5.93. The summed E-state index contributed by atoms with van der Waals surface area (Å²) in [6.07, 6.45) is -0.723. The molecule has 0 atom stereocenters. The first-order valence-corrected chi connectivity index (χ1v) is 9.61. The summed E-state index contributed by atoms with van der Waals surface area (Å²) in [7, 11) is 0. The van der Waals surface area contributed by atoms with Gasteiger partial charge in [-0.3, -0.25) is 4.79 Å². The molecule has 1 aromatic heterocycles. The third kappa shape index (κ3) is 6.64. The molecule has 0 radical (unpaired) electrons. The third-order valence-corrected chi connectivity index (χ3v) is 4.47. The van der Waals surface area contributed by atoms with Crippen LogP contribution in [0.5, 0.6) is 0 Å². The van der Waals surface area contributed by atoms with Gasteiger partial charge in [-0.05, 0) is 60.2 Å². The van der Waals surface area contributed by atoms with Crippen LogP contribution in [0, 0.1) is 0 Å². The molecule has 10 heteroatoms. The summed E-state index contributed by atoms with van der Waals surface area (Å²) in [6.45, 7) is 0.234. The van der Waals surface area contributed by atoms with Crippen LogP contribution in [0.15, 0.2) is 71.4 Å². The van der Waals surface area contributed by atoms with E-state index < -0.39 is 28.7 Å². The molecule has 3 aromatic rings. The van der Waals surface area contributed by atoms with Crippen LogP contribution >= 0.6 is 11.6 Å². The first kappa shape index (κ1) is 23.0. The van der Waals surface area contributed by atoms with Crippen molar-refractivity contribution in [1.82, 2.24) is 5.32 Å². The third-order valence-electron chi connectivity index (χ3n) is 4.14. The van der Waals surface area contributed by atoms with Crippen molar-refractivity contribution in [3.05, 3.63) is 88.8 Å². The molecule has 2 aromatic carbocycles. The molecule has 3 rings (SSSR count). The van der Waals surface area contributed by atoms with E-state index in [4.69, 9.17) is 16.0 Å². The molecule has 166 valence electrons. The van der Waals surface area contributed by atoms with Crippen molar-refractivity contribution < 1.29 is 27.2 Å². The topological polar surface area (TPSA) is 83.4 Å². The van der Waals surface area contributed by atoms with Gasteiger partial charge in [-0.15, -0.1) is 0 Å². The van der Waals surface area contributed by atoms with Gasteiger partial charge >= 0.3 is 12.2 Å². The Kier molecular flexibility index (Phi) is 7.21. The Hall–Kier alpha value is -3.72. The molecule has 0 aliphatic rings. The second kappa shape index (κ2) is 10.1. The van der Waals surface area contributed by atoms with Gasteiger partial charge in [0.15, 0.2) is 0 Å². The number of hydrogen-bond donors (Lipinski definition) is 3. The zero-order valence-corrected chi connectivity index (χ0v) is 17.1. The normalized spacial score (nSPS) is 11.4. The summed E-state index contributed by atoms with van der Waals surface area (Å²) in [4.78, 5) is 23.9. The fraction of sp³-hybridized carbons (Fsp3) is 0.0909. The van der Waals surface area contributed by atoms with Crippen LogP contribution < -0.4 is 16.0 Å². The van der Waals surface area contributed by atoms with E-state index in [0.29, 0.717) is 17.1 Å². The maximum Gasteiger partial charge on any atom is 0.417 e. The minimum atomic E-state index is -4.59. The molecule has 0 aliphatic carbocycles. The van der Waals surface area contributed by atoms with Gasteiger partial charge in [-0.25, -0.2) is 4.79 Å². The lowest BCUT2D eigenvalue weighted by molar-refractivity contribution is -0.137. The molecule has 0 aliphatic heterocycles. The van der Waals surface area contributed by atoms with E-state index in [9.17, 15) is 22.8 Å². The molecular weight excluding hydrogens is 447 g/mol. The molecule has 0 bridgehead atoms. The minimum Gasteiger partial charge on any atom is -0.467 e. The fourth-order valence-corrected chi connectivity index (χ4v) is 2.84. The van der Waals surface area contributed by atoms with Crippen LogP contribution in [-0.2, 0) is 17.5 Å². The number of alkyl halides is 3.